The van der Waals surface area contributed by atoms with E-state index in [9.17, 15) is 10.1 Å². The molecule has 210 valence electrons. The minimum absolute atomic E-state index is 0.227. The molecule has 1 fully saturated rings. The highest BCUT2D eigenvalue weighted by atomic mass is 35.5. The van der Waals surface area contributed by atoms with Crippen molar-refractivity contribution in [3.8, 4) is 17.6 Å². The third kappa shape index (κ3) is 6.46. The molecule has 3 aromatic carbocycles. The average Bonchev–Trinajstić information content (AvgIpc) is 3.38. The minimum atomic E-state index is -0.339. The second-order valence-corrected chi connectivity index (χ2v) is 10.1. The molecule has 1 aliphatic heterocycles. The van der Waals surface area contributed by atoms with Gasteiger partial charge in [0.05, 0.1) is 47.6 Å². The van der Waals surface area contributed by atoms with Crippen LogP contribution >= 0.6 is 11.6 Å². The number of methoxy groups -OCH3 is 1. The van der Waals surface area contributed by atoms with E-state index in [1.807, 2.05) is 38.1 Å². The fourth-order valence-corrected chi connectivity index (χ4v) is 4.90. The van der Waals surface area contributed by atoms with Crippen molar-refractivity contribution in [1.29, 1.82) is 5.26 Å². The van der Waals surface area contributed by atoms with Crippen LogP contribution in [0.1, 0.15) is 22.5 Å². The second kappa shape index (κ2) is 12.3. The number of amides is 1. The van der Waals surface area contributed by atoms with Gasteiger partial charge in [-0.2, -0.15) is 5.26 Å². The number of aromatic amines is 1. The number of hydrogen-bond donors (Lipinski definition) is 2. The van der Waals surface area contributed by atoms with Crippen molar-refractivity contribution in [2.75, 3.05) is 50.2 Å². The summed E-state index contributed by atoms with van der Waals surface area (Å²) in [6.07, 6.45) is 1.72. The normalized spacial score (nSPS) is 13.6. The zero-order valence-corrected chi connectivity index (χ0v) is 23.8. The molecule has 0 saturated carbocycles. The Morgan fingerprint density at radius 3 is 2.66 bits per heavy atom. The first-order valence-electron chi connectivity index (χ1n) is 13.2. The number of morpholine rings is 1. The number of allylic oxidation sites excluding steroid dienone is 1. The maximum Gasteiger partial charge on any atom is 0.262 e. The Hall–Kier alpha value is -4.52. The number of halogens is 1. The number of rotatable bonds is 8. The molecule has 0 spiro atoms. The van der Waals surface area contributed by atoms with Crippen LogP contribution in [-0.2, 0) is 9.53 Å². The van der Waals surface area contributed by atoms with Crippen LogP contribution in [0.5, 0.6) is 11.5 Å². The van der Waals surface area contributed by atoms with E-state index in [0.29, 0.717) is 46.8 Å². The molecule has 1 aromatic heterocycles. The first-order valence-corrected chi connectivity index (χ1v) is 13.5. The maximum absolute atomic E-state index is 12.6. The van der Waals surface area contributed by atoms with Gasteiger partial charge in [0.1, 0.15) is 11.9 Å². The molecule has 9 nitrogen and oxygen atoms in total. The Balaban J connectivity index is 1.25. The van der Waals surface area contributed by atoms with Gasteiger partial charge in [0.25, 0.3) is 5.91 Å². The highest BCUT2D eigenvalue weighted by Gasteiger charge is 2.16. The Labute approximate surface area is 243 Å². The molecule has 41 heavy (non-hydrogen) atoms. The number of nitrogens with zero attached hydrogens (tertiary/aromatic N) is 3. The van der Waals surface area contributed by atoms with Crippen LogP contribution in [0.3, 0.4) is 0 Å². The SMILES string of the molecule is COc1cc(/C=C(\C#N)c2nc3cc(C)c(C)cc3[nH]2)ccc1OCC(=O)Nc1ccc(N2CCOCC2)c(Cl)c1. The van der Waals surface area contributed by atoms with Gasteiger partial charge < -0.3 is 29.4 Å². The first-order chi connectivity index (χ1) is 19.8. The van der Waals surface area contributed by atoms with Gasteiger partial charge >= 0.3 is 0 Å². The quantitative estimate of drug-likeness (QED) is 0.259. The van der Waals surface area contributed by atoms with Gasteiger partial charge in [-0.25, -0.2) is 4.98 Å². The summed E-state index contributed by atoms with van der Waals surface area (Å²) in [5.41, 5.74) is 6.55. The summed E-state index contributed by atoms with van der Waals surface area (Å²) in [7, 11) is 1.52. The van der Waals surface area contributed by atoms with Gasteiger partial charge in [-0.05, 0) is 79.1 Å². The number of anilines is 2. The van der Waals surface area contributed by atoms with Crippen molar-refractivity contribution >= 4 is 51.6 Å². The van der Waals surface area contributed by atoms with Gasteiger partial charge in [0.2, 0.25) is 0 Å². The fourth-order valence-electron chi connectivity index (χ4n) is 4.60. The summed E-state index contributed by atoms with van der Waals surface area (Å²) in [4.78, 5) is 22.6. The third-order valence-corrected chi connectivity index (χ3v) is 7.22. The van der Waals surface area contributed by atoms with Crippen molar-refractivity contribution in [2.24, 2.45) is 0 Å². The van der Waals surface area contributed by atoms with Crippen molar-refractivity contribution in [1.82, 2.24) is 9.97 Å². The van der Waals surface area contributed by atoms with E-state index in [4.69, 9.17) is 25.8 Å². The molecule has 5 rings (SSSR count). The molecule has 2 N–H and O–H groups in total. The van der Waals surface area contributed by atoms with Crippen LogP contribution in [0.2, 0.25) is 5.02 Å². The molecule has 1 amide bonds. The summed E-state index contributed by atoms with van der Waals surface area (Å²) < 4.78 is 16.6. The molecule has 10 heteroatoms. The Morgan fingerprint density at radius 2 is 1.93 bits per heavy atom. The predicted octanol–water partition coefficient (Wildman–Crippen LogP) is 5.76. The van der Waals surface area contributed by atoms with Crippen LogP contribution in [0.4, 0.5) is 11.4 Å². The highest BCUT2D eigenvalue weighted by Crippen LogP contribution is 2.31. The Bertz CT molecular complexity index is 1630. The summed E-state index contributed by atoms with van der Waals surface area (Å²) in [5.74, 6) is 0.973. The fraction of sp³-hybridized carbons (Fsp3) is 0.258. The Morgan fingerprint density at radius 1 is 1.15 bits per heavy atom. The van der Waals surface area contributed by atoms with Gasteiger partial charge in [0.15, 0.2) is 18.1 Å². The molecule has 0 unspecified atom stereocenters. The summed E-state index contributed by atoms with van der Waals surface area (Å²) in [6.45, 7) is 6.70. The standard InChI is InChI=1S/C31H30ClN5O4/c1-19-12-25-26(13-20(19)2)36-31(35-25)22(17-33)14-21-4-7-28(29(15-21)39-3)41-18-30(38)34-23-5-6-27(24(32)16-23)37-8-10-40-11-9-37/h4-7,12-16H,8-11,18H2,1-3H3,(H,34,38)(H,35,36)/b22-14+. The zero-order chi connectivity index (χ0) is 28.9. The molecule has 2 heterocycles. The number of imidazole rings is 1. The lowest BCUT2D eigenvalue weighted by molar-refractivity contribution is -0.118. The van der Waals surface area contributed by atoms with Crippen LogP contribution in [0.15, 0.2) is 48.5 Å². The topological polar surface area (TPSA) is 112 Å². The van der Waals surface area contributed by atoms with Crippen molar-refractivity contribution in [3.63, 3.8) is 0 Å². The molecule has 1 aliphatic rings. The summed E-state index contributed by atoms with van der Waals surface area (Å²) >= 11 is 6.48. The molecule has 0 bridgehead atoms. The number of nitriles is 1. The second-order valence-electron chi connectivity index (χ2n) is 9.72. The molecular formula is C31H30ClN5O4. The highest BCUT2D eigenvalue weighted by molar-refractivity contribution is 6.33. The van der Waals surface area contributed by atoms with Crippen LogP contribution < -0.4 is 19.7 Å². The van der Waals surface area contributed by atoms with E-state index in [0.717, 1.165) is 46.5 Å². The molecule has 1 saturated heterocycles. The van der Waals surface area contributed by atoms with Crippen LogP contribution in [-0.4, -0.2) is 55.9 Å². The number of aromatic nitrogens is 2. The van der Waals surface area contributed by atoms with Gasteiger partial charge in [0, 0.05) is 18.8 Å². The lowest BCUT2D eigenvalue weighted by atomic mass is 10.1. The van der Waals surface area contributed by atoms with E-state index < -0.39 is 0 Å². The Kier molecular flexibility index (Phi) is 8.43. The number of carbonyl (C=O) groups excluding carboxylic acids is 1. The molecule has 0 aliphatic carbocycles. The van der Waals surface area contributed by atoms with Crippen LogP contribution in [0, 0.1) is 25.2 Å². The third-order valence-electron chi connectivity index (χ3n) is 6.91. The lowest BCUT2D eigenvalue weighted by Gasteiger charge is -2.29. The van der Waals surface area contributed by atoms with Crippen molar-refractivity contribution in [2.45, 2.75) is 13.8 Å². The lowest BCUT2D eigenvalue weighted by Crippen LogP contribution is -2.36. The summed E-state index contributed by atoms with van der Waals surface area (Å²) in [6, 6.07) is 16.9. The van der Waals surface area contributed by atoms with E-state index in [2.05, 4.69) is 26.3 Å². The van der Waals surface area contributed by atoms with Gasteiger partial charge in [-0.3, -0.25) is 4.79 Å². The number of hydrogen-bond acceptors (Lipinski definition) is 7. The smallest absolute Gasteiger partial charge is 0.262 e. The minimum Gasteiger partial charge on any atom is -0.493 e. The van der Waals surface area contributed by atoms with E-state index >= 15 is 0 Å². The predicted molar refractivity (Wildman–Crippen MR) is 161 cm³/mol. The number of ether oxygens (including phenoxy) is 3. The number of H-pyrrole nitrogens is 1. The van der Waals surface area contributed by atoms with Crippen LogP contribution in [0.25, 0.3) is 22.7 Å². The van der Waals surface area contributed by atoms with Crippen molar-refractivity contribution < 1.29 is 19.0 Å². The number of fused-ring (bicyclic) bond motifs is 1. The first kappa shape index (κ1) is 28.0. The largest absolute Gasteiger partial charge is 0.493 e. The monoisotopic (exact) mass is 571 g/mol. The number of benzene rings is 3. The zero-order valence-electron chi connectivity index (χ0n) is 23.1. The number of nitrogens with one attached hydrogen (secondary N) is 2. The average molecular weight is 572 g/mol. The van der Waals surface area contributed by atoms with E-state index in [1.54, 1.807) is 30.3 Å². The molecule has 4 aromatic rings. The number of aryl methyl sites for hydroxylation is 2. The summed E-state index contributed by atoms with van der Waals surface area (Å²) in [5, 5.41) is 13.2. The van der Waals surface area contributed by atoms with Gasteiger partial charge in [-0.15, -0.1) is 0 Å². The van der Waals surface area contributed by atoms with E-state index in [-0.39, 0.29) is 12.5 Å². The van der Waals surface area contributed by atoms with Crippen molar-refractivity contribution in [3.05, 3.63) is 76.1 Å². The molecule has 0 atom stereocenters. The molecule has 0 radical (unpaired) electrons. The van der Waals surface area contributed by atoms with E-state index in [1.165, 1.54) is 7.11 Å². The molecular weight excluding hydrogens is 542 g/mol. The maximum atomic E-state index is 12.6. The number of carbonyl (C=O) groups is 1. The van der Waals surface area contributed by atoms with Gasteiger partial charge in [-0.1, -0.05) is 17.7 Å².